The number of carbonyl (C=O) groups is 1. The molecule has 1 fully saturated rings. The number of halogens is 3. The number of amides is 1. The first kappa shape index (κ1) is 13.5. The van der Waals surface area contributed by atoms with E-state index in [0.29, 0.717) is 5.56 Å². The number of para-hydroxylation sites is 1. The maximum atomic E-state index is 13.1. The molecule has 5 heteroatoms. The molecule has 1 aromatic carbocycles. The number of carbonyl (C=O) groups excluding carboxylic acids is 1. The molecule has 1 saturated carbocycles. The van der Waals surface area contributed by atoms with Crippen molar-refractivity contribution in [3.8, 4) is 0 Å². The van der Waals surface area contributed by atoms with Crippen LogP contribution in [0.15, 0.2) is 18.2 Å². The van der Waals surface area contributed by atoms with E-state index in [0.717, 1.165) is 6.07 Å². The number of rotatable bonds is 0. The Morgan fingerprint density at radius 3 is 2.05 bits per heavy atom. The van der Waals surface area contributed by atoms with Crippen LogP contribution in [0.25, 0.3) is 0 Å². The average Bonchev–Trinajstić information content (AvgIpc) is 2.55. The van der Waals surface area contributed by atoms with Crippen molar-refractivity contribution in [1.82, 2.24) is 0 Å². The first-order valence-corrected chi connectivity index (χ1v) is 6.52. The molecule has 1 aliphatic carbocycles. The summed E-state index contributed by atoms with van der Waals surface area (Å²) < 4.78 is 39.2. The van der Waals surface area contributed by atoms with E-state index in [4.69, 9.17) is 0 Å². The zero-order valence-electron chi connectivity index (χ0n) is 11.8. The van der Waals surface area contributed by atoms with Crippen LogP contribution in [0.5, 0.6) is 0 Å². The zero-order valence-corrected chi connectivity index (χ0v) is 11.8. The zero-order chi connectivity index (χ0) is 15.1. The molecule has 1 aliphatic heterocycles. The molecule has 1 aromatic rings. The van der Waals surface area contributed by atoms with Gasteiger partial charge in [-0.05, 0) is 22.5 Å². The smallest absolute Gasteiger partial charge is 0.324 e. The fraction of sp³-hybridized carbons (Fsp3) is 0.533. The predicted octanol–water partition coefficient (Wildman–Crippen LogP) is 3.96. The van der Waals surface area contributed by atoms with Gasteiger partial charge in [-0.2, -0.15) is 13.2 Å². The molecule has 2 nitrogen and oxygen atoms in total. The molecule has 108 valence electrons. The van der Waals surface area contributed by atoms with Crippen LogP contribution in [-0.4, -0.2) is 5.91 Å². The van der Waals surface area contributed by atoms with Crippen LogP contribution in [0.4, 0.5) is 18.9 Å². The van der Waals surface area contributed by atoms with Crippen LogP contribution in [0, 0.1) is 10.8 Å². The number of alkyl halides is 3. The lowest BCUT2D eigenvalue weighted by Gasteiger charge is -2.14. The van der Waals surface area contributed by atoms with Crippen LogP contribution in [0.3, 0.4) is 0 Å². The van der Waals surface area contributed by atoms with Gasteiger partial charge in [0.1, 0.15) is 0 Å². The minimum absolute atomic E-state index is 0.0661. The van der Waals surface area contributed by atoms with Gasteiger partial charge in [-0.15, -0.1) is 0 Å². The number of nitrogens with one attached hydrogen (secondary N) is 1. The van der Waals surface area contributed by atoms with Crippen molar-refractivity contribution in [2.75, 3.05) is 5.32 Å². The van der Waals surface area contributed by atoms with Crippen molar-refractivity contribution >= 4 is 11.6 Å². The molecule has 0 radical (unpaired) electrons. The Hall–Kier alpha value is -1.52. The Labute approximate surface area is 115 Å². The van der Waals surface area contributed by atoms with Gasteiger partial charge in [0.05, 0.1) is 16.7 Å². The molecule has 2 aliphatic rings. The Bertz CT molecular complexity index is 614. The van der Waals surface area contributed by atoms with Gasteiger partial charge in [0.15, 0.2) is 0 Å². The summed E-state index contributed by atoms with van der Waals surface area (Å²) >= 11 is 0. The van der Waals surface area contributed by atoms with Gasteiger partial charge < -0.3 is 5.32 Å². The fourth-order valence-corrected chi connectivity index (χ4v) is 4.12. The third-order valence-electron chi connectivity index (χ3n) is 5.73. The Morgan fingerprint density at radius 2 is 1.60 bits per heavy atom. The van der Waals surface area contributed by atoms with E-state index in [9.17, 15) is 18.0 Å². The first-order chi connectivity index (χ1) is 8.99. The summed E-state index contributed by atoms with van der Waals surface area (Å²) in [6.07, 6.45) is -4.46. The van der Waals surface area contributed by atoms with E-state index in [1.54, 1.807) is 6.07 Å². The van der Waals surface area contributed by atoms with E-state index < -0.39 is 17.2 Å². The molecule has 1 spiro atoms. The highest BCUT2D eigenvalue weighted by Gasteiger charge is 2.83. The quantitative estimate of drug-likeness (QED) is 0.767. The minimum atomic E-state index is -4.46. The van der Waals surface area contributed by atoms with Crippen molar-refractivity contribution in [2.24, 2.45) is 10.8 Å². The fourth-order valence-electron chi connectivity index (χ4n) is 4.12. The maximum absolute atomic E-state index is 13.1. The molecule has 3 rings (SSSR count). The van der Waals surface area contributed by atoms with Crippen LogP contribution in [0.2, 0.25) is 0 Å². The Kier molecular flexibility index (Phi) is 2.16. The van der Waals surface area contributed by atoms with E-state index in [-0.39, 0.29) is 22.4 Å². The van der Waals surface area contributed by atoms with E-state index in [1.165, 1.54) is 6.07 Å². The van der Waals surface area contributed by atoms with Crippen LogP contribution >= 0.6 is 0 Å². The van der Waals surface area contributed by atoms with Gasteiger partial charge in [-0.25, -0.2) is 0 Å². The molecule has 0 atom stereocenters. The highest BCUT2D eigenvalue weighted by Crippen LogP contribution is 2.80. The number of hydrogen-bond acceptors (Lipinski definition) is 1. The third-order valence-corrected chi connectivity index (χ3v) is 5.73. The highest BCUT2D eigenvalue weighted by molar-refractivity contribution is 6.11. The average molecular weight is 283 g/mol. The van der Waals surface area contributed by atoms with Gasteiger partial charge >= 0.3 is 6.18 Å². The molecule has 0 unspecified atom stereocenters. The lowest BCUT2D eigenvalue weighted by atomic mass is 9.86. The predicted molar refractivity (Wildman–Crippen MR) is 69.3 cm³/mol. The van der Waals surface area contributed by atoms with Gasteiger partial charge in [0.2, 0.25) is 5.91 Å². The van der Waals surface area contributed by atoms with Crippen molar-refractivity contribution in [1.29, 1.82) is 0 Å². The second kappa shape index (κ2) is 3.21. The largest absolute Gasteiger partial charge is 0.418 e. The van der Waals surface area contributed by atoms with Crippen molar-refractivity contribution < 1.29 is 18.0 Å². The summed E-state index contributed by atoms with van der Waals surface area (Å²) in [5, 5.41) is 2.48. The number of fused-ring (bicyclic) bond motifs is 2. The van der Waals surface area contributed by atoms with Crippen molar-refractivity contribution in [3.05, 3.63) is 29.3 Å². The SMILES string of the molecule is CC1(C)C(C)(C)C12C(=O)Nc1c(C(F)(F)F)cccc12. The standard InChI is InChI=1S/C15H16F3NO/c1-12(2)13(3,4)14(12)8-6-5-7-9(15(16,17)18)10(8)19-11(14)20/h5-7H,1-4H3,(H,19,20). The van der Waals surface area contributed by atoms with Crippen molar-refractivity contribution in [3.63, 3.8) is 0 Å². The minimum Gasteiger partial charge on any atom is -0.324 e. The summed E-state index contributed by atoms with van der Waals surface area (Å²) in [5.74, 6) is -0.320. The topological polar surface area (TPSA) is 29.1 Å². The summed E-state index contributed by atoms with van der Waals surface area (Å²) in [6.45, 7) is 7.73. The summed E-state index contributed by atoms with van der Waals surface area (Å²) in [4.78, 5) is 12.4. The van der Waals surface area contributed by atoms with Crippen LogP contribution in [-0.2, 0) is 16.4 Å². The van der Waals surface area contributed by atoms with E-state index in [1.807, 2.05) is 27.7 Å². The van der Waals surface area contributed by atoms with Crippen molar-refractivity contribution in [2.45, 2.75) is 39.3 Å². The molecular formula is C15H16F3NO. The Balaban J connectivity index is 2.28. The number of hydrogen-bond donors (Lipinski definition) is 1. The molecule has 0 saturated heterocycles. The molecule has 1 heterocycles. The second-order valence-electron chi connectivity index (χ2n) is 6.68. The lowest BCUT2D eigenvalue weighted by Crippen LogP contribution is -2.26. The number of benzene rings is 1. The van der Waals surface area contributed by atoms with Gasteiger partial charge in [0, 0.05) is 0 Å². The molecule has 1 amide bonds. The molecule has 0 bridgehead atoms. The normalized spacial score (nSPS) is 24.4. The molecule has 20 heavy (non-hydrogen) atoms. The first-order valence-electron chi connectivity index (χ1n) is 6.52. The Morgan fingerprint density at radius 1 is 1.05 bits per heavy atom. The summed E-state index contributed by atoms with van der Waals surface area (Å²) in [6, 6.07) is 4.04. The van der Waals surface area contributed by atoms with Crippen LogP contribution in [0.1, 0.15) is 38.8 Å². The number of anilines is 1. The summed E-state index contributed by atoms with van der Waals surface area (Å²) in [7, 11) is 0. The lowest BCUT2D eigenvalue weighted by molar-refractivity contribution is -0.136. The summed E-state index contributed by atoms with van der Waals surface area (Å²) in [5.41, 5.74) is -1.97. The molecular weight excluding hydrogens is 267 g/mol. The van der Waals surface area contributed by atoms with E-state index in [2.05, 4.69) is 5.32 Å². The maximum Gasteiger partial charge on any atom is 0.418 e. The monoisotopic (exact) mass is 283 g/mol. The van der Waals surface area contributed by atoms with Gasteiger partial charge in [0.25, 0.3) is 0 Å². The third kappa shape index (κ3) is 1.12. The molecule has 0 aromatic heterocycles. The van der Waals surface area contributed by atoms with Crippen LogP contribution < -0.4 is 5.32 Å². The second-order valence-corrected chi connectivity index (χ2v) is 6.68. The molecule has 1 N–H and O–H groups in total. The highest BCUT2D eigenvalue weighted by atomic mass is 19.4. The van der Waals surface area contributed by atoms with E-state index >= 15 is 0 Å². The van der Waals surface area contributed by atoms with Gasteiger partial charge in [-0.1, -0.05) is 39.8 Å². The van der Waals surface area contributed by atoms with Gasteiger partial charge in [-0.3, -0.25) is 4.79 Å².